The fourth-order valence-electron chi connectivity index (χ4n) is 1.15. The summed E-state index contributed by atoms with van der Waals surface area (Å²) < 4.78 is 5.29. The van der Waals surface area contributed by atoms with Crippen LogP contribution in [0.1, 0.15) is 0 Å². The fourth-order valence-corrected chi connectivity index (χ4v) is 1.58. The number of anilines is 1. The number of thioether (sulfide) groups is 1. The molecule has 0 saturated carbocycles. The van der Waals surface area contributed by atoms with Crippen LogP contribution in [0, 0.1) is 0 Å². The van der Waals surface area contributed by atoms with Gasteiger partial charge in [-0.3, -0.25) is 0 Å². The number of nitrogens with zero attached hydrogens (tertiary/aromatic N) is 1. The molecule has 0 aromatic heterocycles. The Morgan fingerprint density at radius 2 is 2.00 bits per heavy atom. The van der Waals surface area contributed by atoms with Gasteiger partial charge in [0.1, 0.15) is 5.75 Å². The lowest BCUT2D eigenvalue weighted by Gasteiger charge is -2.16. The summed E-state index contributed by atoms with van der Waals surface area (Å²) in [5.41, 5.74) is 1.11. The van der Waals surface area contributed by atoms with E-state index in [0.717, 1.165) is 11.4 Å². The first kappa shape index (κ1) is 10.3. The SMILES string of the molecule is COc1cc(SC)ccc1N(C)C. The highest BCUT2D eigenvalue weighted by Gasteiger charge is 2.04. The summed E-state index contributed by atoms with van der Waals surface area (Å²) in [5.74, 6) is 0.928. The van der Waals surface area contributed by atoms with Crippen LogP contribution in [0.15, 0.2) is 23.1 Å². The largest absolute Gasteiger partial charge is 0.495 e. The third kappa shape index (κ3) is 2.31. The zero-order valence-electron chi connectivity index (χ0n) is 8.50. The van der Waals surface area contributed by atoms with E-state index in [1.165, 1.54) is 4.90 Å². The second-order valence-corrected chi connectivity index (χ2v) is 3.81. The van der Waals surface area contributed by atoms with E-state index in [0.29, 0.717) is 0 Å². The predicted octanol–water partition coefficient (Wildman–Crippen LogP) is 2.48. The first-order valence-corrected chi connectivity index (χ1v) is 5.31. The van der Waals surface area contributed by atoms with Gasteiger partial charge in [-0.25, -0.2) is 0 Å². The van der Waals surface area contributed by atoms with Gasteiger partial charge in [0.25, 0.3) is 0 Å². The third-order valence-electron chi connectivity index (χ3n) is 1.87. The average molecular weight is 197 g/mol. The van der Waals surface area contributed by atoms with Crippen LogP contribution in [0.4, 0.5) is 5.69 Å². The van der Waals surface area contributed by atoms with E-state index >= 15 is 0 Å². The minimum atomic E-state index is 0.928. The smallest absolute Gasteiger partial charge is 0.143 e. The standard InChI is InChI=1S/C10H15NOS/c1-11(2)9-6-5-8(13-4)7-10(9)12-3/h5-7H,1-4H3. The molecule has 0 atom stereocenters. The van der Waals surface area contributed by atoms with E-state index in [9.17, 15) is 0 Å². The van der Waals surface area contributed by atoms with Crippen molar-refractivity contribution in [3.8, 4) is 5.75 Å². The minimum Gasteiger partial charge on any atom is -0.495 e. The second kappa shape index (κ2) is 4.42. The van der Waals surface area contributed by atoms with Gasteiger partial charge in [0.05, 0.1) is 12.8 Å². The predicted molar refractivity (Wildman–Crippen MR) is 59.1 cm³/mol. The van der Waals surface area contributed by atoms with Crippen LogP contribution in [0.25, 0.3) is 0 Å². The molecule has 3 heteroatoms. The molecule has 0 aliphatic heterocycles. The zero-order chi connectivity index (χ0) is 9.84. The molecule has 0 N–H and O–H groups in total. The lowest BCUT2D eigenvalue weighted by Crippen LogP contribution is -2.09. The molecule has 1 rings (SSSR count). The molecule has 0 spiro atoms. The van der Waals surface area contributed by atoms with Gasteiger partial charge in [0, 0.05) is 19.0 Å². The van der Waals surface area contributed by atoms with Gasteiger partial charge in [-0.05, 0) is 24.5 Å². The molecule has 0 amide bonds. The molecule has 0 radical (unpaired) electrons. The Morgan fingerprint density at radius 3 is 2.46 bits per heavy atom. The summed E-state index contributed by atoms with van der Waals surface area (Å²) in [6, 6.07) is 6.23. The Balaban J connectivity index is 3.08. The number of ether oxygens (including phenoxy) is 1. The number of benzene rings is 1. The van der Waals surface area contributed by atoms with Gasteiger partial charge in [-0.2, -0.15) is 0 Å². The monoisotopic (exact) mass is 197 g/mol. The molecule has 0 heterocycles. The molecule has 0 saturated heterocycles. The molecule has 72 valence electrons. The van der Waals surface area contributed by atoms with Crippen molar-refractivity contribution in [2.45, 2.75) is 4.90 Å². The summed E-state index contributed by atoms with van der Waals surface area (Å²) in [6.45, 7) is 0. The summed E-state index contributed by atoms with van der Waals surface area (Å²) >= 11 is 1.72. The average Bonchev–Trinajstić information content (AvgIpc) is 2.16. The summed E-state index contributed by atoms with van der Waals surface area (Å²) in [5, 5.41) is 0. The van der Waals surface area contributed by atoms with Crippen LogP contribution in [-0.4, -0.2) is 27.5 Å². The van der Waals surface area contributed by atoms with Crippen LogP contribution in [0.3, 0.4) is 0 Å². The lowest BCUT2D eigenvalue weighted by atomic mass is 10.3. The Labute approximate surface area is 83.9 Å². The van der Waals surface area contributed by atoms with Crippen molar-refractivity contribution in [3.05, 3.63) is 18.2 Å². The zero-order valence-corrected chi connectivity index (χ0v) is 9.31. The van der Waals surface area contributed by atoms with Crippen LogP contribution < -0.4 is 9.64 Å². The summed E-state index contributed by atoms with van der Waals surface area (Å²) in [4.78, 5) is 3.27. The molecule has 0 fully saturated rings. The maximum Gasteiger partial charge on any atom is 0.143 e. The van der Waals surface area contributed by atoms with Gasteiger partial charge in [-0.1, -0.05) is 0 Å². The Morgan fingerprint density at radius 1 is 1.31 bits per heavy atom. The number of hydrogen-bond acceptors (Lipinski definition) is 3. The first-order chi connectivity index (χ1) is 6.19. The van der Waals surface area contributed by atoms with E-state index in [2.05, 4.69) is 24.5 Å². The molecule has 0 bridgehead atoms. The van der Waals surface area contributed by atoms with Gasteiger partial charge in [0.15, 0.2) is 0 Å². The van der Waals surface area contributed by atoms with Crippen molar-refractivity contribution < 1.29 is 4.74 Å². The van der Waals surface area contributed by atoms with Gasteiger partial charge < -0.3 is 9.64 Å². The van der Waals surface area contributed by atoms with Gasteiger partial charge in [0.2, 0.25) is 0 Å². The second-order valence-electron chi connectivity index (χ2n) is 2.93. The van der Waals surface area contributed by atoms with Crippen molar-refractivity contribution in [2.75, 3.05) is 32.4 Å². The Hall–Kier alpha value is -0.830. The molecule has 1 aromatic carbocycles. The molecule has 0 aliphatic carbocycles. The number of hydrogen-bond donors (Lipinski definition) is 0. The molecule has 0 unspecified atom stereocenters. The van der Waals surface area contributed by atoms with Crippen LogP contribution in [0.5, 0.6) is 5.75 Å². The van der Waals surface area contributed by atoms with Crippen molar-refractivity contribution in [2.24, 2.45) is 0 Å². The van der Waals surface area contributed by atoms with E-state index in [1.54, 1.807) is 18.9 Å². The maximum absolute atomic E-state index is 5.29. The van der Waals surface area contributed by atoms with Crippen molar-refractivity contribution in [1.29, 1.82) is 0 Å². The fraction of sp³-hybridized carbons (Fsp3) is 0.400. The molecule has 2 nitrogen and oxygen atoms in total. The van der Waals surface area contributed by atoms with Crippen molar-refractivity contribution >= 4 is 17.4 Å². The normalized spacial score (nSPS) is 9.85. The topological polar surface area (TPSA) is 12.5 Å². The molecule has 13 heavy (non-hydrogen) atoms. The lowest BCUT2D eigenvalue weighted by molar-refractivity contribution is 0.414. The van der Waals surface area contributed by atoms with E-state index in [1.807, 2.05) is 19.0 Å². The van der Waals surface area contributed by atoms with E-state index < -0.39 is 0 Å². The number of methoxy groups -OCH3 is 1. The van der Waals surface area contributed by atoms with Crippen molar-refractivity contribution in [3.63, 3.8) is 0 Å². The third-order valence-corrected chi connectivity index (χ3v) is 2.59. The van der Waals surface area contributed by atoms with Crippen LogP contribution >= 0.6 is 11.8 Å². The Kier molecular flexibility index (Phi) is 3.48. The number of rotatable bonds is 3. The highest BCUT2D eigenvalue weighted by Crippen LogP contribution is 2.30. The maximum atomic E-state index is 5.29. The minimum absolute atomic E-state index is 0.928. The Bertz CT molecular complexity index is 286. The van der Waals surface area contributed by atoms with Gasteiger partial charge in [-0.15, -0.1) is 11.8 Å². The molecule has 0 aliphatic rings. The van der Waals surface area contributed by atoms with Crippen LogP contribution in [0.2, 0.25) is 0 Å². The molecule has 1 aromatic rings. The van der Waals surface area contributed by atoms with Crippen LogP contribution in [-0.2, 0) is 0 Å². The molecular formula is C10H15NOS. The van der Waals surface area contributed by atoms with E-state index in [-0.39, 0.29) is 0 Å². The first-order valence-electron chi connectivity index (χ1n) is 4.08. The molecular weight excluding hydrogens is 182 g/mol. The van der Waals surface area contributed by atoms with E-state index in [4.69, 9.17) is 4.74 Å². The summed E-state index contributed by atoms with van der Waals surface area (Å²) in [6.07, 6.45) is 2.06. The van der Waals surface area contributed by atoms with Crippen molar-refractivity contribution in [1.82, 2.24) is 0 Å². The quantitative estimate of drug-likeness (QED) is 0.691. The highest BCUT2D eigenvalue weighted by molar-refractivity contribution is 7.98. The summed E-state index contributed by atoms with van der Waals surface area (Å²) in [7, 11) is 5.72. The van der Waals surface area contributed by atoms with Gasteiger partial charge >= 0.3 is 0 Å². The highest BCUT2D eigenvalue weighted by atomic mass is 32.2.